The zero-order valence-electron chi connectivity index (χ0n) is 7.68. The number of carbonyl (C=O) groups is 1. The third kappa shape index (κ3) is 2.48. The highest BCUT2D eigenvalue weighted by molar-refractivity contribution is 14.1. The van der Waals surface area contributed by atoms with E-state index in [1.807, 2.05) is 22.6 Å². The molecule has 1 N–H and O–H groups in total. The topological polar surface area (TPSA) is 46.5 Å². The molecule has 0 atom stereocenters. The Balaban J connectivity index is 3.43. The van der Waals surface area contributed by atoms with Gasteiger partial charge in [-0.05, 0) is 44.6 Å². The molecule has 0 spiro atoms. The van der Waals surface area contributed by atoms with Crippen molar-refractivity contribution in [2.24, 2.45) is 0 Å². The number of rotatable bonds is 2. The molecule has 6 heteroatoms. The molecule has 0 aromatic heterocycles. The maximum atomic E-state index is 13.3. The van der Waals surface area contributed by atoms with Crippen LogP contribution in [0.1, 0.15) is 15.9 Å². The Labute approximate surface area is 108 Å². The van der Waals surface area contributed by atoms with Crippen molar-refractivity contribution < 1.29 is 19.0 Å². The van der Waals surface area contributed by atoms with E-state index < -0.39 is 11.8 Å². The Morgan fingerprint density at radius 1 is 1.73 bits per heavy atom. The zero-order valence-corrected chi connectivity index (χ0v) is 11.4. The largest absolute Gasteiger partial charge is 0.465 e. The average Bonchev–Trinajstić information content (AvgIpc) is 2.23. The molecular weight excluding hydrogens is 382 g/mol. The minimum Gasteiger partial charge on any atom is -0.465 e. The second-order valence-corrected chi connectivity index (χ2v) is 4.53. The lowest BCUT2D eigenvalue weighted by Crippen LogP contribution is -2.08. The Kier molecular flexibility index (Phi) is 4.47. The first kappa shape index (κ1) is 12.9. The van der Waals surface area contributed by atoms with Gasteiger partial charge in [0, 0.05) is 9.13 Å². The normalized spacial score (nSPS) is 10.2. The number of hydrogen-bond acceptors (Lipinski definition) is 3. The quantitative estimate of drug-likeness (QED) is 0.481. The summed E-state index contributed by atoms with van der Waals surface area (Å²) in [6.45, 7) is -0.347. The third-order valence-corrected chi connectivity index (χ3v) is 3.90. The first-order chi connectivity index (χ1) is 7.02. The minimum absolute atomic E-state index is 0.114. The minimum atomic E-state index is -0.625. The van der Waals surface area contributed by atoms with Crippen molar-refractivity contribution in [2.45, 2.75) is 6.61 Å². The van der Waals surface area contributed by atoms with Gasteiger partial charge in [-0.1, -0.05) is 0 Å². The van der Waals surface area contributed by atoms with E-state index in [4.69, 9.17) is 5.11 Å². The van der Waals surface area contributed by atoms with Gasteiger partial charge in [0.1, 0.15) is 5.82 Å². The molecule has 1 aromatic carbocycles. The highest BCUT2D eigenvalue weighted by Gasteiger charge is 2.19. The lowest BCUT2D eigenvalue weighted by Gasteiger charge is -2.09. The Morgan fingerprint density at radius 3 is 2.80 bits per heavy atom. The summed E-state index contributed by atoms with van der Waals surface area (Å²) in [7, 11) is 1.22. The van der Waals surface area contributed by atoms with Gasteiger partial charge in [0.05, 0.1) is 23.8 Å². The van der Waals surface area contributed by atoms with Crippen molar-refractivity contribution in [1.29, 1.82) is 0 Å². The van der Waals surface area contributed by atoms with Gasteiger partial charge in [-0.25, -0.2) is 9.18 Å². The number of aliphatic hydroxyl groups excluding tert-OH is 1. The van der Waals surface area contributed by atoms with Gasteiger partial charge >= 0.3 is 5.97 Å². The molecule has 0 saturated heterocycles. The Morgan fingerprint density at radius 2 is 2.33 bits per heavy atom. The number of esters is 1. The van der Waals surface area contributed by atoms with Crippen LogP contribution in [0.4, 0.5) is 4.39 Å². The molecule has 0 fully saturated rings. The van der Waals surface area contributed by atoms with E-state index in [0.717, 1.165) is 6.07 Å². The first-order valence-corrected chi connectivity index (χ1v) is 5.75. The van der Waals surface area contributed by atoms with Gasteiger partial charge in [0.2, 0.25) is 0 Å². The van der Waals surface area contributed by atoms with Crippen molar-refractivity contribution >= 4 is 44.5 Å². The summed E-state index contributed by atoms with van der Waals surface area (Å²) in [6, 6.07) is 1.08. The molecule has 82 valence electrons. The molecule has 3 nitrogen and oxygen atoms in total. The van der Waals surface area contributed by atoms with Crippen LogP contribution in [-0.4, -0.2) is 18.2 Å². The molecule has 0 radical (unpaired) electrons. The molecule has 0 amide bonds. The van der Waals surface area contributed by atoms with E-state index in [9.17, 15) is 9.18 Å². The van der Waals surface area contributed by atoms with Crippen LogP contribution < -0.4 is 0 Å². The van der Waals surface area contributed by atoms with Crippen molar-refractivity contribution in [2.75, 3.05) is 7.11 Å². The molecule has 15 heavy (non-hydrogen) atoms. The van der Waals surface area contributed by atoms with E-state index in [2.05, 4.69) is 20.7 Å². The average molecular weight is 389 g/mol. The van der Waals surface area contributed by atoms with Crippen LogP contribution in [0.5, 0.6) is 0 Å². The molecule has 1 rings (SSSR count). The lowest BCUT2D eigenvalue weighted by molar-refractivity contribution is 0.0598. The van der Waals surface area contributed by atoms with E-state index >= 15 is 0 Å². The van der Waals surface area contributed by atoms with E-state index in [1.54, 1.807) is 0 Å². The van der Waals surface area contributed by atoms with Gasteiger partial charge in [-0.3, -0.25) is 0 Å². The summed E-state index contributed by atoms with van der Waals surface area (Å²) in [4.78, 5) is 11.3. The third-order valence-electron chi connectivity index (χ3n) is 1.81. The van der Waals surface area contributed by atoms with Crippen molar-refractivity contribution in [3.05, 3.63) is 31.1 Å². The van der Waals surface area contributed by atoms with Crippen molar-refractivity contribution in [3.8, 4) is 0 Å². The van der Waals surface area contributed by atoms with Gasteiger partial charge in [-0.2, -0.15) is 0 Å². The van der Waals surface area contributed by atoms with Crippen molar-refractivity contribution in [1.82, 2.24) is 0 Å². The fraction of sp³-hybridized carbons (Fsp3) is 0.222. The Bertz CT molecular complexity index is 409. The number of hydrogen-bond donors (Lipinski definition) is 1. The molecule has 0 heterocycles. The predicted octanol–water partition coefficient (Wildman–Crippen LogP) is 2.47. The molecular formula is C9H7BrFIO3. The second-order valence-electron chi connectivity index (χ2n) is 2.66. The summed E-state index contributed by atoms with van der Waals surface area (Å²) in [5.74, 6) is -1.22. The number of benzene rings is 1. The maximum absolute atomic E-state index is 13.3. The molecule has 0 saturated carbocycles. The van der Waals surface area contributed by atoms with E-state index in [0.29, 0.717) is 9.13 Å². The summed E-state index contributed by atoms with van der Waals surface area (Å²) >= 11 is 4.87. The van der Waals surface area contributed by atoms with Gasteiger partial charge in [0.15, 0.2) is 0 Å². The van der Waals surface area contributed by atoms with Crippen LogP contribution in [0.15, 0.2) is 10.5 Å². The molecule has 0 aliphatic heterocycles. The number of aliphatic hydroxyl groups is 1. The fourth-order valence-electron chi connectivity index (χ4n) is 1.05. The number of methoxy groups -OCH3 is 1. The standard InChI is InChI=1S/C9H7BrFIO3/c1-15-9(14)4-2-6(11)7(10)5(3-13)8(4)12/h2,13H,3H2,1H3. The summed E-state index contributed by atoms with van der Waals surface area (Å²) < 4.78 is 18.5. The van der Waals surface area contributed by atoms with Crippen LogP contribution in [0.3, 0.4) is 0 Å². The van der Waals surface area contributed by atoms with Gasteiger partial charge < -0.3 is 9.84 Å². The number of halogens is 3. The lowest BCUT2D eigenvalue weighted by atomic mass is 10.1. The maximum Gasteiger partial charge on any atom is 0.339 e. The molecule has 0 unspecified atom stereocenters. The van der Waals surface area contributed by atoms with Crippen LogP contribution in [0.25, 0.3) is 0 Å². The Hall–Kier alpha value is -0.210. The van der Waals surface area contributed by atoms with Crippen molar-refractivity contribution in [3.63, 3.8) is 0 Å². The predicted molar refractivity (Wildman–Crippen MR) is 64.1 cm³/mol. The molecule has 0 aliphatic rings. The van der Waals surface area contributed by atoms with Gasteiger partial charge in [-0.15, -0.1) is 0 Å². The van der Waals surface area contributed by atoms with E-state index in [1.165, 1.54) is 7.11 Å². The van der Waals surface area contributed by atoms with Gasteiger partial charge in [0.25, 0.3) is 0 Å². The van der Waals surface area contributed by atoms with Crippen LogP contribution in [0.2, 0.25) is 0 Å². The highest BCUT2D eigenvalue weighted by atomic mass is 127. The smallest absolute Gasteiger partial charge is 0.339 e. The number of ether oxygens (including phenoxy) is 1. The van der Waals surface area contributed by atoms with Crippen LogP contribution in [0, 0.1) is 9.39 Å². The fourth-order valence-corrected chi connectivity index (χ4v) is 2.68. The number of carbonyl (C=O) groups excluding carboxylic acids is 1. The SMILES string of the molecule is COC(=O)c1cc(F)c(Br)c(CO)c1I. The van der Waals surface area contributed by atoms with Crippen LogP contribution in [-0.2, 0) is 11.3 Å². The monoisotopic (exact) mass is 388 g/mol. The summed E-state index contributed by atoms with van der Waals surface area (Å²) in [6.07, 6.45) is 0. The summed E-state index contributed by atoms with van der Waals surface area (Å²) in [5.41, 5.74) is 0.457. The molecule has 1 aromatic rings. The zero-order chi connectivity index (χ0) is 11.6. The first-order valence-electron chi connectivity index (χ1n) is 3.88. The highest BCUT2D eigenvalue weighted by Crippen LogP contribution is 2.29. The summed E-state index contributed by atoms with van der Waals surface area (Å²) in [5, 5.41) is 9.05. The molecule has 0 bridgehead atoms. The second kappa shape index (κ2) is 5.22. The van der Waals surface area contributed by atoms with Crippen LogP contribution >= 0.6 is 38.5 Å². The van der Waals surface area contributed by atoms with E-state index in [-0.39, 0.29) is 16.6 Å². The molecule has 0 aliphatic carbocycles.